The monoisotopic (exact) mass is 363 g/mol. The lowest BCUT2D eigenvalue weighted by Gasteiger charge is -2.37. The number of nitrogens with zero attached hydrogens (tertiary/aromatic N) is 5. The van der Waals surface area contributed by atoms with Crippen LogP contribution in [0.15, 0.2) is 0 Å². The van der Waals surface area contributed by atoms with E-state index in [4.69, 9.17) is 0 Å². The van der Waals surface area contributed by atoms with Crippen molar-refractivity contribution in [3.8, 4) is 0 Å². The topological polar surface area (TPSA) is 80.4 Å². The van der Waals surface area contributed by atoms with Crippen LogP contribution in [0.25, 0.3) is 0 Å². The molecule has 0 spiro atoms. The second-order valence-electron chi connectivity index (χ2n) is 7.74. The number of H-pyrrole nitrogens is 1. The van der Waals surface area contributed by atoms with E-state index < -0.39 is 0 Å². The van der Waals surface area contributed by atoms with E-state index in [9.17, 15) is 4.79 Å². The summed E-state index contributed by atoms with van der Waals surface area (Å²) in [6, 6.07) is 0.691. The van der Waals surface area contributed by atoms with Crippen molar-refractivity contribution in [3.05, 3.63) is 11.6 Å². The van der Waals surface area contributed by atoms with Gasteiger partial charge < -0.3 is 10.2 Å². The summed E-state index contributed by atoms with van der Waals surface area (Å²) in [5.41, 5.74) is 0. The maximum atomic E-state index is 12.4. The summed E-state index contributed by atoms with van der Waals surface area (Å²) in [5, 5.41) is 10.3. The number of piperazine rings is 1. The standard InChI is InChI=1S/C18H33N7O/c1-14(2)24-12-10-23(11-13-24)9-6-19-18(26)25-7-4-16(5-8-25)17-20-15(3)21-22-17/h14,16H,4-13H2,1-3H3,(H,19,26)(H,20,21,22). The zero-order valence-electron chi connectivity index (χ0n) is 16.4. The van der Waals surface area contributed by atoms with Gasteiger partial charge in [-0.05, 0) is 33.6 Å². The number of rotatable bonds is 5. The first-order chi connectivity index (χ1) is 12.5. The maximum Gasteiger partial charge on any atom is 0.317 e. The summed E-state index contributed by atoms with van der Waals surface area (Å²) >= 11 is 0. The fraction of sp³-hybridized carbons (Fsp3) is 0.833. The number of hydrogen-bond donors (Lipinski definition) is 2. The number of amides is 2. The molecule has 0 unspecified atom stereocenters. The van der Waals surface area contributed by atoms with Crippen molar-refractivity contribution in [2.75, 3.05) is 52.4 Å². The summed E-state index contributed by atoms with van der Waals surface area (Å²) in [5.74, 6) is 2.11. The lowest BCUT2D eigenvalue weighted by Crippen LogP contribution is -2.51. The molecule has 0 radical (unpaired) electrons. The molecule has 3 heterocycles. The van der Waals surface area contributed by atoms with Gasteiger partial charge in [0, 0.05) is 64.3 Å². The minimum Gasteiger partial charge on any atom is -0.337 e. The molecule has 1 aromatic heterocycles. The molecule has 3 rings (SSSR count). The van der Waals surface area contributed by atoms with Crippen molar-refractivity contribution in [1.29, 1.82) is 0 Å². The van der Waals surface area contributed by atoms with E-state index in [1.807, 2.05) is 11.8 Å². The Morgan fingerprint density at radius 1 is 1.19 bits per heavy atom. The molecule has 146 valence electrons. The first kappa shape index (κ1) is 19.1. The van der Waals surface area contributed by atoms with Gasteiger partial charge in [0.2, 0.25) is 0 Å². The average molecular weight is 364 g/mol. The summed E-state index contributed by atoms with van der Waals surface area (Å²) in [6.07, 6.45) is 1.86. The van der Waals surface area contributed by atoms with Gasteiger partial charge in [-0.2, -0.15) is 5.10 Å². The highest BCUT2D eigenvalue weighted by Gasteiger charge is 2.26. The number of urea groups is 1. The number of carbonyl (C=O) groups excluding carboxylic acids is 1. The molecular formula is C18H33N7O. The average Bonchev–Trinajstić information content (AvgIpc) is 3.08. The molecule has 2 amide bonds. The van der Waals surface area contributed by atoms with Crippen LogP contribution in [0.5, 0.6) is 0 Å². The summed E-state index contributed by atoms with van der Waals surface area (Å²) < 4.78 is 0. The van der Waals surface area contributed by atoms with Crippen molar-refractivity contribution in [2.24, 2.45) is 0 Å². The Morgan fingerprint density at radius 2 is 1.88 bits per heavy atom. The lowest BCUT2D eigenvalue weighted by molar-refractivity contribution is 0.109. The Balaban J connectivity index is 1.32. The Kier molecular flexibility index (Phi) is 6.48. The lowest BCUT2D eigenvalue weighted by atomic mass is 9.96. The third-order valence-electron chi connectivity index (χ3n) is 5.60. The van der Waals surface area contributed by atoms with Gasteiger partial charge in [-0.1, -0.05) is 0 Å². The van der Waals surface area contributed by atoms with Gasteiger partial charge in [-0.15, -0.1) is 0 Å². The Morgan fingerprint density at radius 3 is 2.46 bits per heavy atom. The highest BCUT2D eigenvalue weighted by molar-refractivity contribution is 5.74. The fourth-order valence-corrected chi connectivity index (χ4v) is 3.82. The number of aryl methyl sites for hydroxylation is 1. The van der Waals surface area contributed by atoms with Crippen LogP contribution in [-0.4, -0.2) is 94.3 Å². The van der Waals surface area contributed by atoms with Gasteiger partial charge in [-0.3, -0.25) is 14.9 Å². The molecule has 2 aliphatic rings. The highest BCUT2D eigenvalue weighted by Crippen LogP contribution is 2.25. The number of nitrogens with one attached hydrogen (secondary N) is 2. The highest BCUT2D eigenvalue weighted by atomic mass is 16.2. The first-order valence-corrected chi connectivity index (χ1v) is 9.91. The van der Waals surface area contributed by atoms with Gasteiger partial charge in [0.1, 0.15) is 5.82 Å². The number of aromatic amines is 1. The number of piperidine rings is 1. The Labute approximate surface area is 156 Å². The van der Waals surface area contributed by atoms with Crippen molar-refractivity contribution < 1.29 is 4.79 Å². The molecule has 0 aliphatic carbocycles. The van der Waals surface area contributed by atoms with E-state index >= 15 is 0 Å². The Hall–Kier alpha value is -1.67. The smallest absolute Gasteiger partial charge is 0.317 e. The van der Waals surface area contributed by atoms with Crippen LogP contribution in [0.1, 0.15) is 44.3 Å². The van der Waals surface area contributed by atoms with Gasteiger partial charge in [-0.25, -0.2) is 9.78 Å². The fourth-order valence-electron chi connectivity index (χ4n) is 3.82. The van der Waals surface area contributed by atoms with E-state index in [-0.39, 0.29) is 6.03 Å². The van der Waals surface area contributed by atoms with Crippen molar-refractivity contribution in [2.45, 2.75) is 45.6 Å². The third-order valence-corrected chi connectivity index (χ3v) is 5.60. The van der Waals surface area contributed by atoms with Crippen molar-refractivity contribution in [3.63, 3.8) is 0 Å². The third kappa shape index (κ3) is 4.94. The largest absolute Gasteiger partial charge is 0.337 e. The van der Waals surface area contributed by atoms with E-state index in [1.54, 1.807) is 0 Å². The van der Waals surface area contributed by atoms with E-state index in [1.165, 1.54) is 0 Å². The van der Waals surface area contributed by atoms with Crippen LogP contribution in [0.3, 0.4) is 0 Å². The van der Waals surface area contributed by atoms with E-state index in [0.717, 1.165) is 76.8 Å². The van der Waals surface area contributed by atoms with E-state index in [2.05, 4.69) is 44.1 Å². The first-order valence-electron chi connectivity index (χ1n) is 9.91. The van der Waals surface area contributed by atoms with Crippen molar-refractivity contribution in [1.82, 2.24) is 35.2 Å². The molecule has 2 fully saturated rings. The quantitative estimate of drug-likeness (QED) is 0.817. The van der Waals surface area contributed by atoms with Gasteiger partial charge in [0.15, 0.2) is 5.82 Å². The normalized spacial score (nSPS) is 20.7. The van der Waals surface area contributed by atoms with E-state index in [0.29, 0.717) is 12.0 Å². The molecule has 0 atom stereocenters. The molecule has 0 aromatic carbocycles. The summed E-state index contributed by atoms with van der Waals surface area (Å²) in [6.45, 7) is 14.1. The van der Waals surface area contributed by atoms with Gasteiger partial charge in [0.05, 0.1) is 0 Å². The molecule has 8 heteroatoms. The van der Waals surface area contributed by atoms with Crippen LogP contribution >= 0.6 is 0 Å². The number of hydrogen-bond acceptors (Lipinski definition) is 5. The second-order valence-corrected chi connectivity index (χ2v) is 7.74. The number of likely N-dealkylation sites (tertiary alicyclic amines) is 1. The van der Waals surface area contributed by atoms with Crippen LogP contribution in [-0.2, 0) is 0 Å². The molecule has 8 nitrogen and oxygen atoms in total. The van der Waals surface area contributed by atoms with Crippen molar-refractivity contribution >= 4 is 6.03 Å². The summed E-state index contributed by atoms with van der Waals surface area (Å²) in [7, 11) is 0. The molecule has 0 saturated carbocycles. The van der Waals surface area contributed by atoms with Gasteiger partial charge >= 0.3 is 6.03 Å². The predicted octanol–water partition coefficient (Wildman–Crippen LogP) is 1.03. The van der Waals surface area contributed by atoms with Crippen LogP contribution in [0, 0.1) is 6.92 Å². The van der Waals surface area contributed by atoms with Crippen LogP contribution in [0.2, 0.25) is 0 Å². The SMILES string of the molecule is Cc1nc(C2CCN(C(=O)NCCN3CCN(C(C)C)CC3)CC2)n[nH]1. The molecular weight excluding hydrogens is 330 g/mol. The minimum absolute atomic E-state index is 0.0652. The molecule has 2 aliphatic heterocycles. The second kappa shape index (κ2) is 8.81. The predicted molar refractivity (Wildman–Crippen MR) is 101 cm³/mol. The zero-order chi connectivity index (χ0) is 18.5. The maximum absolute atomic E-state index is 12.4. The Bertz CT molecular complexity index is 572. The zero-order valence-corrected chi connectivity index (χ0v) is 16.4. The molecule has 2 saturated heterocycles. The molecule has 26 heavy (non-hydrogen) atoms. The number of aromatic nitrogens is 3. The van der Waals surface area contributed by atoms with Gasteiger partial charge in [0.25, 0.3) is 0 Å². The molecule has 1 aromatic rings. The number of carbonyl (C=O) groups is 1. The molecule has 2 N–H and O–H groups in total. The molecule has 0 bridgehead atoms. The van der Waals surface area contributed by atoms with Crippen LogP contribution in [0.4, 0.5) is 4.79 Å². The summed E-state index contributed by atoms with van der Waals surface area (Å²) in [4.78, 5) is 23.7. The van der Waals surface area contributed by atoms with Crippen LogP contribution < -0.4 is 5.32 Å². The minimum atomic E-state index is 0.0652.